The molecule has 0 saturated heterocycles. The van der Waals surface area contributed by atoms with Gasteiger partial charge >= 0.3 is 5.97 Å². The third kappa shape index (κ3) is 3.44. The van der Waals surface area contributed by atoms with Crippen LogP contribution in [0.2, 0.25) is 0 Å². The summed E-state index contributed by atoms with van der Waals surface area (Å²) >= 11 is 2.95. The first-order valence-electron chi connectivity index (χ1n) is 6.45. The van der Waals surface area contributed by atoms with E-state index in [9.17, 15) is 22.7 Å². The molecule has 5 nitrogen and oxygen atoms in total. The van der Waals surface area contributed by atoms with Crippen molar-refractivity contribution in [1.82, 2.24) is 4.72 Å². The molecule has 2 N–H and O–H groups in total. The Morgan fingerprint density at radius 2 is 2.00 bits per heavy atom. The molecule has 1 saturated carbocycles. The van der Waals surface area contributed by atoms with Crippen LogP contribution in [0.1, 0.15) is 25.7 Å². The zero-order valence-corrected chi connectivity index (χ0v) is 13.5. The Hall–Kier alpha value is -0.990. The number of hydrogen-bond donors (Lipinski definition) is 2. The van der Waals surface area contributed by atoms with Gasteiger partial charge in [0.25, 0.3) is 0 Å². The van der Waals surface area contributed by atoms with Crippen LogP contribution in [0.5, 0.6) is 0 Å². The molecule has 1 aliphatic carbocycles. The Morgan fingerprint density at radius 1 is 1.38 bits per heavy atom. The van der Waals surface area contributed by atoms with Crippen LogP contribution in [-0.2, 0) is 14.8 Å². The van der Waals surface area contributed by atoms with Gasteiger partial charge in [-0.05, 0) is 47.0 Å². The highest BCUT2D eigenvalue weighted by Crippen LogP contribution is 2.38. The molecule has 1 aliphatic rings. The molecular weight excluding hydrogens is 365 g/mol. The standard InChI is InChI=1S/C13H15BrFNO4S/c14-10-4-3-9(7-11(10)15)21(19,20)16-8-13(12(17)18)5-1-2-6-13/h3-4,7,16H,1-2,5-6,8H2,(H,17,18). The highest BCUT2D eigenvalue weighted by Gasteiger charge is 2.42. The van der Waals surface area contributed by atoms with Crippen molar-refractivity contribution in [3.8, 4) is 0 Å². The van der Waals surface area contributed by atoms with Crippen LogP contribution in [0.15, 0.2) is 27.6 Å². The molecular formula is C13H15BrFNO4S. The van der Waals surface area contributed by atoms with Gasteiger partial charge in [0.05, 0.1) is 14.8 Å². The Labute approximate surface area is 130 Å². The number of rotatable bonds is 5. The summed E-state index contributed by atoms with van der Waals surface area (Å²) in [6.45, 7) is -0.178. The molecule has 1 fully saturated rings. The first-order valence-corrected chi connectivity index (χ1v) is 8.73. The van der Waals surface area contributed by atoms with Crippen LogP contribution in [-0.4, -0.2) is 26.0 Å². The molecule has 1 aromatic carbocycles. The molecule has 0 heterocycles. The molecule has 21 heavy (non-hydrogen) atoms. The Bertz CT molecular complexity index is 656. The minimum absolute atomic E-state index is 0.166. The molecule has 0 radical (unpaired) electrons. The maximum absolute atomic E-state index is 13.4. The third-order valence-corrected chi connectivity index (χ3v) is 5.86. The van der Waals surface area contributed by atoms with E-state index in [1.54, 1.807) is 0 Å². The van der Waals surface area contributed by atoms with E-state index < -0.39 is 27.2 Å². The number of sulfonamides is 1. The third-order valence-electron chi connectivity index (χ3n) is 3.82. The molecule has 2 rings (SSSR count). The van der Waals surface area contributed by atoms with E-state index in [1.807, 2.05) is 0 Å². The lowest BCUT2D eigenvalue weighted by atomic mass is 9.87. The summed E-state index contributed by atoms with van der Waals surface area (Å²) in [5.74, 6) is -1.68. The van der Waals surface area contributed by atoms with Crippen molar-refractivity contribution in [3.05, 3.63) is 28.5 Å². The Balaban J connectivity index is 2.17. The van der Waals surface area contributed by atoms with Crippen molar-refractivity contribution in [3.63, 3.8) is 0 Å². The van der Waals surface area contributed by atoms with Crippen LogP contribution in [0.25, 0.3) is 0 Å². The van der Waals surface area contributed by atoms with E-state index in [2.05, 4.69) is 20.7 Å². The van der Waals surface area contributed by atoms with Crippen molar-refractivity contribution in [2.75, 3.05) is 6.54 Å². The van der Waals surface area contributed by atoms with Crippen molar-refractivity contribution >= 4 is 31.9 Å². The van der Waals surface area contributed by atoms with E-state index in [0.29, 0.717) is 12.8 Å². The van der Waals surface area contributed by atoms with Crippen molar-refractivity contribution < 1.29 is 22.7 Å². The number of carbonyl (C=O) groups is 1. The zero-order valence-electron chi connectivity index (χ0n) is 11.1. The number of aliphatic carboxylic acids is 1. The summed E-state index contributed by atoms with van der Waals surface area (Å²) in [6, 6.07) is 3.46. The normalized spacial score (nSPS) is 17.8. The highest BCUT2D eigenvalue weighted by molar-refractivity contribution is 9.10. The molecule has 0 aliphatic heterocycles. The second-order valence-electron chi connectivity index (χ2n) is 5.19. The molecule has 1 aromatic rings. The summed E-state index contributed by atoms with van der Waals surface area (Å²) < 4.78 is 40.1. The molecule has 0 amide bonds. The molecule has 116 valence electrons. The van der Waals surface area contributed by atoms with E-state index >= 15 is 0 Å². The average Bonchev–Trinajstić information content (AvgIpc) is 2.90. The largest absolute Gasteiger partial charge is 0.481 e. The smallest absolute Gasteiger partial charge is 0.310 e. The van der Waals surface area contributed by atoms with Crippen LogP contribution >= 0.6 is 15.9 Å². The first kappa shape index (κ1) is 16.4. The molecule has 0 unspecified atom stereocenters. The number of carboxylic acids is 1. The minimum atomic E-state index is -3.93. The zero-order chi connectivity index (χ0) is 15.7. The lowest BCUT2D eigenvalue weighted by Crippen LogP contribution is -2.41. The van der Waals surface area contributed by atoms with Gasteiger partial charge in [-0.25, -0.2) is 17.5 Å². The van der Waals surface area contributed by atoms with Crippen molar-refractivity contribution in [1.29, 1.82) is 0 Å². The van der Waals surface area contributed by atoms with Gasteiger partial charge in [0, 0.05) is 6.54 Å². The van der Waals surface area contributed by atoms with Gasteiger partial charge in [-0.2, -0.15) is 0 Å². The van der Waals surface area contributed by atoms with E-state index in [1.165, 1.54) is 12.1 Å². The number of hydrogen-bond acceptors (Lipinski definition) is 3. The first-order chi connectivity index (χ1) is 9.77. The summed E-state index contributed by atoms with van der Waals surface area (Å²) in [6.07, 6.45) is 2.42. The van der Waals surface area contributed by atoms with Gasteiger partial charge in [-0.1, -0.05) is 12.8 Å². The number of nitrogens with one attached hydrogen (secondary N) is 1. The maximum atomic E-state index is 13.4. The fourth-order valence-corrected chi connectivity index (χ4v) is 3.86. The van der Waals surface area contributed by atoms with E-state index in [-0.39, 0.29) is 15.9 Å². The lowest BCUT2D eigenvalue weighted by Gasteiger charge is -2.23. The minimum Gasteiger partial charge on any atom is -0.481 e. The summed E-state index contributed by atoms with van der Waals surface area (Å²) in [5.41, 5.74) is -1.05. The number of halogens is 2. The van der Waals surface area contributed by atoms with Gasteiger partial charge in [0.2, 0.25) is 10.0 Å². The van der Waals surface area contributed by atoms with Crippen molar-refractivity contribution in [2.24, 2.45) is 5.41 Å². The van der Waals surface area contributed by atoms with Gasteiger partial charge in [0.1, 0.15) is 5.82 Å². The highest BCUT2D eigenvalue weighted by atomic mass is 79.9. The number of carboxylic acid groups (broad SMARTS) is 1. The van der Waals surface area contributed by atoms with Gasteiger partial charge in [0.15, 0.2) is 0 Å². The quantitative estimate of drug-likeness (QED) is 0.822. The fraction of sp³-hybridized carbons (Fsp3) is 0.462. The summed E-state index contributed by atoms with van der Waals surface area (Å²) in [4.78, 5) is 11.2. The lowest BCUT2D eigenvalue weighted by molar-refractivity contribution is -0.148. The van der Waals surface area contributed by atoms with E-state index in [4.69, 9.17) is 0 Å². The monoisotopic (exact) mass is 379 g/mol. The predicted octanol–water partition coefficient (Wildman–Crippen LogP) is 2.51. The average molecular weight is 380 g/mol. The van der Waals surface area contributed by atoms with Crippen LogP contribution < -0.4 is 4.72 Å². The van der Waals surface area contributed by atoms with Gasteiger partial charge < -0.3 is 5.11 Å². The molecule has 0 aromatic heterocycles. The van der Waals surface area contributed by atoms with Gasteiger partial charge in [-0.15, -0.1) is 0 Å². The predicted molar refractivity (Wildman–Crippen MR) is 77.8 cm³/mol. The van der Waals surface area contributed by atoms with Crippen LogP contribution in [0.4, 0.5) is 4.39 Å². The molecule has 0 spiro atoms. The SMILES string of the molecule is O=C(O)C1(CNS(=O)(=O)c2ccc(Br)c(F)c2)CCCC1. The Kier molecular flexibility index (Phi) is 4.69. The molecule has 0 bridgehead atoms. The number of benzene rings is 1. The molecule has 8 heteroatoms. The fourth-order valence-electron chi connectivity index (χ4n) is 2.48. The van der Waals surface area contributed by atoms with E-state index in [0.717, 1.165) is 18.9 Å². The second-order valence-corrected chi connectivity index (χ2v) is 7.81. The van der Waals surface area contributed by atoms with Crippen LogP contribution in [0.3, 0.4) is 0 Å². The molecule has 0 atom stereocenters. The Morgan fingerprint density at radius 3 is 2.52 bits per heavy atom. The topological polar surface area (TPSA) is 83.5 Å². The summed E-state index contributed by atoms with van der Waals surface area (Å²) in [5, 5.41) is 9.31. The maximum Gasteiger partial charge on any atom is 0.310 e. The van der Waals surface area contributed by atoms with Gasteiger partial charge in [-0.3, -0.25) is 4.79 Å². The second kappa shape index (κ2) is 6.02. The van der Waals surface area contributed by atoms with Crippen molar-refractivity contribution in [2.45, 2.75) is 30.6 Å². The van der Waals surface area contributed by atoms with Crippen LogP contribution in [0, 0.1) is 11.2 Å². The summed E-state index contributed by atoms with van der Waals surface area (Å²) in [7, 11) is -3.93.